The molecule has 0 saturated carbocycles. The van der Waals surface area contributed by atoms with Gasteiger partial charge < -0.3 is 10.2 Å². The molecule has 0 aliphatic heterocycles. The number of hydrogen-bond donors (Lipinski definition) is 1. The summed E-state index contributed by atoms with van der Waals surface area (Å²) in [6.45, 7) is 9.89. The van der Waals surface area contributed by atoms with Crippen molar-refractivity contribution in [1.82, 2.24) is 10.2 Å². The predicted octanol–water partition coefficient (Wildman–Crippen LogP) is 3.13. The molecule has 1 aliphatic carbocycles. The minimum absolute atomic E-state index is 0.115. The molecule has 0 heterocycles. The van der Waals surface area contributed by atoms with E-state index in [1.807, 2.05) is 6.07 Å². The number of likely N-dealkylation sites (N-methyl/N-ethyl adjacent to an activating group) is 1. The van der Waals surface area contributed by atoms with Crippen LogP contribution >= 0.6 is 0 Å². The van der Waals surface area contributed by atoms with Gasteiger partial charge in [-0.25, -0.2) is 4.39 Å². The van der Waals surface area contributed by atoms with Crippen molar-refractivity contribution in [2.75, 3.05) is 19.6 Å². The molecule has 106 valence electrons. The molecule has 1 aliphatic rings. The lowest BCUT2D eigenvalue weighted by Gasteiger charge is -2.26. The van der Waals surface area contributed by atoms with Crippen LogP contribution in [0, 0.1) is 5.82 Å². The van der Waals surface area contributed by atoms with Gasteiger partial charge in [0.15, 0.2) is 0 Å². The summed E-state index contributed by atoms with van der Waals surface area (Å²) in [5.41, 5.74) is 2.46. The second kappa shape index (κ2) is 6.49. The Morgan fingerprint density at radius 1 is 1.37 bits per heavy atom. The van der Waals surface area contributed by atoms with Gasteiger partial charge >= 0.3 is 0 Å². The molecule has 3 heteroatoms. The van der Waals surface area contributed by atoms with Crippen molar-refractivity contribution in [3.05, 3.63) is 35.1 Å². The first kappa shape index (κ1) is 14.5. The van der Waals surface area contributed by atoms with Crippen LogP contribution in [0.2, 0.25) is 0 Å². The summed E-state index contributed by atoms with van der Waals surface area (Å²) in [4.78, 5) is 2.43. The number of nitrogens with zero attached hydrogens (tertiary/aromatic N) is 1. The molecule has 2 nitrogen and oxygen atoms in total. The third-order valence-corrected chi connectivity index (χ3v) is 4.09. The van der Waals surface area contributed by atoms with Gasteiger partial charge in [0.25, 0.3) is 0 Å². The lowest BCUT2D eigenvalue weighted by atomic mass is 10.1. The van der Waals surface area contributed by atoms with Gasteiger partial charge in [0.1, 0.15) is 5.82 Å². The first-order valence-electron chi connectivity index (χ1n) is 7.40. The zero-order chi connectivity index (χ0) is 13.8. The minimum atomic E-state index is -0.115. The fourth-order valence-corrected chi connectivity index (χ4v) is 3.02. The van der Waals surface area contributed by atoms with Crippen molar-refractivity contribution < 1.29 is 4.39 Å². The van der Waals surface area contributed by atoms with E-state index in [1.165, 1.54) is 11.1 Å². The molecule has 0 fully saturated rings. The number of hydrogen-bond acceptors (Lipinski definition) is 2. The SMILES string of the molecule is CCN(CC)CC(C)NC1CCc2cc(F)ccc21. The molecule has 0 radical (unpaired) electrons. The van der Waals surface area contributed by atoms with Gasteiger partial charge in [-0.05, 0) is 56.1 Å². The monoisotopic (exact) mass is 264 g/mol. The third kappa shape index (κ3) is 3.54. The summed E-state index contributed by atoms with van der Waals surface area (Å²) in [5.74, 6) is -0.115. The molecule has 0 amide bonds. The number of nitrogens with one attached hydrogen (secondary N) is 1. The topological polar surface area (TPSA) is 15.3 Å². The van der Waals surface area contributed by atoms with E-state index < -0.39 is 0 Å². The Morgan fingerprint density at radius 2 is 2.11 bits per heavy atom. The minimum Gasteiger partial charge on any atom is -0.306 e. The number of fused-ring (bicyclic) bond motifs is 1. The van der Waals surface area contributed by atoms with E-state index in [4.69, 9.17) is 0 Å². The van der Waals surface area contributed by atoms with E-state index in [-0.39, 0.29) is 5.82 Å². The molecule has 0 saturated heterocycles. The molecule has 19 heavy (non-hydrogen) atoms. The van der Waals surface area contributed by atoms with E-state index in [9.17, 15) is 4.39 Å². The highest BCUT2D eigenvalue weighted by Crippen LogP contribution is 2.31. The van der Waals surface area contributed by atoms with Crippen LogP contribution in [0.5, 0.6) is 0 Å². The highest BCUT2D eigenvalue weighted by Gasteiger charge is 2.24. The van der Waals surface area contributed by atoms with Gasteiger partial charge in [-0.3, -0.25) is 0 Å². The lowest BCUT2D eigenvalue weighted by Crippen LogP contribution is -2.40. The summed E-state index contributed by atoms with van der Waals surface area (Å²) >= 11 is 0. The Balaban J connectivity index is 1.95. The summed E-state index contributed by atoms with van der Waals surface area (Å²) in [7, 11) is 0. The number of rotatable bonds is 6. The zero-order valence-corrected chi connectivity index (χ0v) is 12.2. The Morgan fingerprint density at radius 3 is 2.79 bits per heavy atom. The average molecular weight is 264 g/mol. The first-order valence-corrected chi connectivity index (χ1v) is 7.40. The second-order valence-electron chi connectivity index (χ2n) is 5.49. The van der Waals surface area contributed by atoms with Crippen molar-refractivity contribution in [2.24, 2.45) is 0 Å². The van der Waals surface area contributed by atoms with E-state index >= 15 is 0 Å². The Kier molecular flexibility index (Phi) is 4.94. The van der Waals surface area contributed by atoms with E-state index in [1.54, 1.807) is 12.1 Å². The van der Waals surface area contributed by atoms with Crippen molar-refractivity contribution in [3.63, 3.8) is 0 Å². The normalized spacial score (nSPS) is 19.7. The fourth-order valence-electron chi connectivity index (χ4n) is 3.02. The number of aryl methyl sites for hydroxylation is 1. The molecular weight excluding hydrogens is 239 g/mol. The molecule has 2 atom stereocenters. The maximum atomic E-state index is 13.2. The van der Waals surface area contributed by atoms with Crippen molar-refractivity contribution >= 4 is 0 Å². The molecule has 1 aromatic rings. The number of benzene rings is 1. The maximum Gasteiger partial charge on any atom is 0.123 e. The molecular formula is C16H25FN2. The van der Waals surface area contributed by atoms with Gasteiger partial charge in [0.2, 0.25) is 0 Å². The molecule has 0 aromatic heterocycles. The summed E-state index contributed by atoms with van der Waals surface area (Å²) in [6, 6.07) is 6.06. The van der Waals surface area contributed by atoms with Gasteiger partial charge in [0.05, 0.1) is 0 Å². The summed E-state index contributed by atoms with van der Waals surface area (Å²) in [5, 5.41) is 3.69. The van der Waals surface area contributed by atoms with Crippen LogP contribution < -0.4 is 5.32 Å². The third-order valence-electron chi connectivity index (χ3n) is 4.09. The standard InChI is InChI=1S/C16H25FN2/c1-4-19(5-2)11-12(3)18-16-9-6-13-10-14(17)7-8-15(13)16/h7-8,10,12,16,18H,4-6,9,11H2,1-3H3. The first-order chi connectivity index (χ1) is 9.13. The van der Waals surface area contributed by atoms with Crippen LogP contribution in [-0.2, 0) is 6.42 Å². The molecule has 0 bridgehead atoms. The van der Waals surface area contributed by atoms with E-state index in [2.05, 4.69) is 31.0 Å². The van der Waals surface area contributed by atoms with Crippen LogP contribution in [0.1, 0.15) is 44.4 Å². The smallest absolute Gasteiger partial charge is 0.123 e. The fraction of sp³-hybridized carbons (Fsp3) is 0.625. The molecule has 2 rings (SSSR count). The molecule has 0 spiro atoms. The summed E-state index contributed by atoms with van der Waals surface area (Å²) < 4.78 is 13.2. The predicted molar refractivity (Wildman–Crippen MR) is 77.8 cm³/mol. The highest BCUT2D eigenvalue weighted by atomic mass is 19.1. The van der Waals surface area contributed by atoms with Crippen LogP contribution in [-0.4, -0.2) is 30.6 Å². The van der Waals surface area contributed by atoms with Crippen LogP contribution in [0.15, 0.2) is 18.2 Å². The van der Waals surface area contributed by atoms with Crippen LogP contribution in [0.3, 0.4) is 0 Å². The van der Waals surface area contributed by atoms with Crippen molar-refractivity contribution in [1.29, 1.82) is 0 Å². The quantitative estimate of drug-likeness (QED) is 0.849. The Hall–Kier alpha value is -0.930. The van der Waals surface area contributed by atoms with Gasteiger partial charge in [-0.15, -0.1) is 0 Å². The second-order valence-corrected chi connectivity index (χ2v) is 5.49. The highest BCUT2D eigenvalue weighted by molar-refractivity contribution is 5.35. The summed E-state index contributed by atoms with van der Waals surface area (Å²) in [6.07, 6.45) is 2.07. The molecule has 1 aromatic carbocycles. The van der Waals surface area contributed by atoms with Crippen molar-refractivity contribution in [2.45, 2.75) is 45.7 Å². The Bertz CT molecular complexity index is 415. The largest absolute Gasteiger partial charge is 0.306 e. The Labute approximate surface area is 116 Å². The van der Waals surface area contributed by atoms with Gasteiger partial charge in [-0.1, -0.05) is 19.9 Å². The molecule has 2 unspecified atom stereocenters. The van der Waals surface area contributed by atoms with Gasteiger partial charge in [-0.2, -0.15) is 0 Å². The van der Waals surface area contributed by atoms with Crippen molar-refractivity contribution in [3.8, 4) is 0 Å². The number of halogens is 1. The zero-order valence-electron chi connectivity index (χ0n) is 12.2. The maximum absolute atomic E-state index is 13.2. The molecule has 1 N–H and O–H groups in total. The average Bonchev–Trinajstić information content (AvgIpc) is 2.78. The van der Waals surface area contributed by atoms with Crippen LogP contribution in [0.4, 0.5) is 4.39 Å². The van der Waals surface area contributed by atoms with Crippen LogP contribution in [0.25, 0.3) is 0 Å². The van der Waals surface area contributed by atoms with Gasteiger partial charge in [0, 0.05) is 18.6 Å². The van der Waals surface area contributed by atoms with E-state index in [0.717, 1.165) is 32.5 Å². The van der Waals surface area contributed by atoms with E-state index in [0.29, 0.717) is 12.1 Å². The lowest BCUT2D eigenvalue weighted by molar-refractivity contribution is 0.261.